The standard InChI is InChI=1S/C11H10O/c1-9(2)11(12)8-10-6-4-3-5-7-10/h3-7H,1H2,2H3. The van der Waals surface area contributed by atoms with Gasteiger partial charge in [-0.25, -0.2) is 0 Å². The maximum absolute atomic E-state index is 11.1. The van der Waals surface area contributed by atoms with Crippen LogP contribution in [-0.2, 0) is 4.79 Å². The fraction of sp³-hybridized carbons (Fsp3) is 0.0909. The van der Waals surface area contributed by atoms with Gasteiger partial charge in [0.1, 0.15) is 0 Å². The summed E-state index contributed by atoms with van der Waals surface area (Å²) in [5, 5.41) is 0. The Labute approximate surface area is 72.7 Å². The van der Waals surface area contributed by atoms with E-state index in [0.29, 0.717) is 5.57 Å². The highest BCUT2D eigenvalue weighted by molar-refractivity contribution is 6.03. The van der Waals surface area contributed by atoms with Crippen LogP contribution in [-0.4, -0.2) is 5.78 Å². The van der Waals surface area contributed by atoms with E-state index in [9.17, 15) is 4.79 Å². The summed E-state index contributed by atoms with van der Waals surface area (Å²) in [5.74, 6) is -0.138. The molecule has 0 spiro atoms. The van der Waals surface area contributed by atoms with Gasteiger partial charge in [0, 0.05) is 0 Å². The number of carbonyl (C=O) groups is 1. The Morgan fingerprint density at radius 2 is 1.92 bits per heavy atom. The molecule has 1 rings (SSSR count). The second-order valence-electron chi connectivity index (χ2n) is 2.60. The highest BCUT2D eigenvalue weighted by Gasteiger charge is 2.03. The molecule has 60 valence electrons. The number of ketones is 1. The Balaban J connectivity index is 2.65. The molecule has 0 bridgehead atoms. The molecule has 1 aromatic rings. The number of carbonyl (C=O) groups excluding carboxylic acids is 1. The third-order valence-corrected chi connectivity index (χ3v) is 1.42. The smallest absolute Gasteiger partial charge is 0.171 e. The number of Topliss-reactive ketones (excluding diaryl/α,β-unsaturated/α-hetero) is 1. The van der Waals surface area contributed by atoms with Crippen LogP contribution in [0.4, 0.5) is 0 Å². The molecule has 0 aliphatic heterocycles. The molecular weight excluding hydrogens is 148 g/mol. The molecule has 0 saturated heterocycles. The maximum atomic E-state index is 11.1. The van der Waals surface area contributed by atoms with Crippen LogP contribution in [0.3, 0.4) is 0 Å². The van der Waals surface area contributed by atoms with Crippen molar-refractivity contribution in [2.24, 2.45) is 0 Å². The molecule has 0 aliphatic rings. The van der Waals surface area contributed by atoms with Crippen molar-refractivity contribution in [3.8, 4) is 0 Å². The quantitative estimate of drug-likeness (QED) is 0.617. The molecule has 12 heavy (non-hydrogen) atoms. The first-order valence-electron chi connectivity index (χ1n) is 3.72. The molecule has 0 N–H and O–H groups in total. The van der Waals surface area contributed by atoms with Crippen molar-refractivity contribution in [2.75, 3.05) is 0 Å². The topological polar surface area (TPSA) is 17.1 Å². The third-order valence-electron chi connectivity index (χ3n) is 1.42. The molecular formula is C11H10O. The minimum atomic E-state index is -0.138. The van der Waals surface area contributed by atoms with Crippen LogP contribution in [0, 0.1) is 6.42 Å². The van der Waals surface area contributed by atoms with Crippen LogP contribution in [0.25, 0.3) is 0 Å². The first kappa shape index (κ1) is 8.72. The fourth-order valence-electron chi connectivity index (χ4n) is 0.759. The zero-order valence-corrected chi connectivity index (χ0v) is 7.00. The number of rotatable bonds is 3. The number of hydrogen-bond acceptors (Lipinski definition) is 1. The second kappa shape index (κ2) is 3.86. The molecule has 0 unspecified atom stereocenters. The highest BCUT2D eigenvalue weighted by Crippen LogP contribution is 2.05. The summed E-state index contributed by atoms with van der Waals surface area (Å²) in [5.41, 5.74) is 1.31. The SMILES string of the molecule is C=C(C)C(=O)[C]c1ccccc1. The van der Waals surface area contributed by atoms with Gasteiger partial charge in [-0.15, -0.1) is 0 Å². The Morgan fingerprint density at radius 1 is 1.33 bits per heavy atom. The van der Waals surface area contributed by atoms with Crippen molar-refractivity contribution in [1.29, 1.82) is 0 Å². The minimum absolute atomic E-state index is 0.138. The van der Waals surface area contributed by atoms with Crippen LogP contribution in [0.5, 0.6) is 0 Å². The number of hydrogen-bond donors (Lipinski definition) is 0. The Bertz CT molecular complexity index is 285. The Hall–Kier alpha value is -1.37. The van der Waals surface area contributed by atoms with E-state index < -0.39 is 0 Å². The predicted molar refractivity (Wildman–Crippen MR) is 48.6 cm³/mol. The summed E-state index contributed by atoms with van der Waals surface area (Å²) in [4.78, 5) is 11.1. The first-order valence-corrected chi connectivity index (χ1v) is 3.72. The average molecular weight is 158 g/mol. The number of allylic oxidation sites excluding steroid dienone is 1. The van der Waals surface area contributed by atoms with Crippen LogP contribution in [0.2, 0.25) is 0 Å². The molecule has 2 radical (unpaired) electrons. The van der Waals surface area contributed by atoms with Crippen LogP contribution < -0.4 is 0 Å². The molecule has 0 fully saturated rings. The van der Waals surface area contributed by atoms with E-state index in [0.717, 1.165) is 5.56 Å². The first-order chi connectivity index (χ1) is 5.70. The summed E-state index contributed by atoms with van der Waals surface area (Å²) in [6, 6.07) is 9.31. The zero-order chi connectivity index (χ0) is 8.97. The maximum Gasteiger partial charge on any atom is 0.171 e. The minimum Gasteiger partial charge on any atom is -0.293 e. The molecule has 1 aromatic carbocycles. The van der Waals surface area contributed by atoms with Crippen molar-refractivity contribution < 1.29 is 4.79 Å². The van der Waals surface area contributed by atoms with E-state index >= 15 is 0 Å². The average Bonchev–Trinajstić information content (AvgIpc) is 2.06. The molecule has 0 aliphatic carbocycles. The van der Waals surface area contributed by atoms with Crippen molar-refractivity contribution >= 4 is 5.78 Å². The van der Waals surface area contributed by atoms with Crippen molar-refractivity contribution in [2.45, 2.75) is 6.92 Å². The number of benzene rings is 1. The lowest BCUT2D eigenvalue weighted by Crippen LogP contribution is -1.99. The molecule has 0 saturated carbocycles. The molecule has 0 aromatic heterocycles. The van der Waals surface area contributed by atoms with Crippen molar-refractivity contribution in [1.82, 2.24) is 0 Å². The monoisotopic (exact) mass is 158 g/mol. The van der Waals surface area contributed by atoms with Gasteiger partial charge in [-0.05, 0) is 18.1 Å². The predicted octanol–water partition coefficient (Wildman–Crippen LogP) is 2.26. The summed E-state index contributed by atoms with van der Waals surface area (Å²) in [6.07, 6.45) is 2.70. The van der Waals surface area contributed by atoms with Gasteiger partial charge in [0.15, 0.2) is 5.78 Å². The van der Waals surface area contributed by atoms with Gasteiger partial charge < -0.3 is 0 Å². The zero-order valence-electron chi connectivity index (χ0n) is 7.00. The lowest BCUT2D eigenvalue weighted by molar-refractivity contribution is -0.112. The third kappa shape index (κ3) is 2.35. The van der Waals surface area contributed by atoms with Gasteiger partial charge in [-0.1, -0.05) is 36.9 Å². The summed E-state index contributed by atoms with van der Waals surface area (Å²) < 4.78 is 0. The lowest BCUT2D eigenvalue weighted by Gasteiger charge is -1.97. The largest absolute Gasteiger partial charge is 0.293 e. The molecule has 0 heterocycles. The molecule has 1 nitrogen and oxygen atoms in total. The Kier molecular flexibility index (Phi) is 2.81. The van der Waals surface area contributed by atoms with E-state index in [-0.39, 0.29) is 5.78 Å². The van der Waals surface area contributed by atoms with E-state index in [2.05, 4.69) is 13.0 Å². The van der Waals surface area contributed by atoms with Gasteiger partial charge in [-0.3, -0.25) is 4.79 Å². The highest BCUT2D eigenvalue weighted by atomic mass is 16.1. The van der Waals surface area contributed by atoms with E-state index in [1.807, 2.05) is 30.3 Å². The molecule has 1 heteroatoms. The van der Waals surface area contributed by atoms with Gasteiger partial charge in [0.05, 0.1) is 6.42 Å². The van der Waals surface area contributed by atoms with Crippen molar-refractivity contribution in [3.63, 3.8) is 0 Å². The summed E-state index contributed by atoms with van der Waals surface area (Å²) in [7, 11) is 0. The molecule has 0 atom stereocenters. The summed E-state index contributed by atoms with van der Waals surface area (Å²) >= 11 is 0. The molecule has 0 amide bonds. The van der Waals surface area contributed by atoms with E-state index in [1.165, 1.54) is 0 Å². The van der Waals surface area contributed by atoms with Crippen LogP contribution >= 0.6 is 0 Å². The van der Waals surface area contributed by atoms with E-state index in [4.69, 9.17) is 0 Å². The van der Waals surface area contributed by atoms with Crippen molar-refractivity contribution in [3.05, 3.63) is 54.5 Å². The van der Waals surface area contributed by atoms with Crippen LogP contribution in [0.1, 0.15) is 12.5 Å². The Morgan fingerprint density at radius 3 is 2.42 bits per heavy atom. The summed E-state index contributed by atoms with van der Waals surface area (Å²) in [6.45, 7) is 5.22. The fourth-order valence-corrected chi connectivity index (χ4v) is 0.759. The van der Waals surface area contributed by atoms with Gasteiger partial charge in [0.2, 0.25) is 0 Å². The normalized spacial score (nSPS) is 9.42. The van der Waals surface area contributed by atoms with Gasteiger partial charge in [0.25, 0.3) is 0 Å². The van der Waals surface area contributed by atoms with Gasteiger partial charge >= 0.3 is 0 Å². The van der Waals surface area contributed by atoms with E-state index in [1.54, 1.807) is 6.92 Å². The second-order valence-corrected chi connectivity index (χ2v) is 2.60. The lowest BCUT2D eigenvalue weighted by atomic mass is 10.1. The van der Waals surface area contributed by atoms with Gasteiger partial charge in [-0.2, -0.15) is 0 Å². The van der Waals surface area contributed by atoms with Crippen LogP contribution in [0.15, 0.2) is 42.5 Å².